The van der Waals surface area contributed by atoms with Crippen molar-refractivity contribution in [1.29, 1.82) is 0 Å². The van der Waals surface area contributed by atoms with Crippen LogP contribution in [0.25, 0.3) is 0 Å². The van der Waals surface area contributed by atoms with Crippen molar-refractivity contribution in [2.45, 2.75) is 24.3 Å². The van der Waals surface area contributed by atoms with Gasteiger partial charge in [-0.3, -0.25) is 0 Å². The minimum absolute atomic E-state index is 0.0740. The number of hydrogen-bond donors (Lipinski definition) is 2. The zero-order chi connectivity index (χ0) is 11.3. The van der Waals surface area contributed by atoms with Gasteiger partial charge in [-0.15, -0.1) is 0 Å². The maximum absolute atomic E-state index is 12.7. The minimum atomic E-state index is -2.68. The van der Waals surface area contributed by atoms with Crippen molar-refractivity contribution < 1.29 is 13.9 Å². The topological polar surface area (TPSA) is 46.2 Å². The highest BCUT2D eigenvalue weighted by molar-refractivity contribution is 6.32. The van der Waals surface area contributed by atoms with Gasteiger partial charge in [0.1, 0.15) is 5.75 Å². The maximum Gasteiger partial charge on any atom is 0.252 e. The number of rotatable bonds is 1. The molecule has 0 spiro atoms. The van der Waals surface area contributed by atoms with E-state index >= 15 is 0 Å². The third-order valence-electron chi connectivity index (χ3n) is 2.67. The molecule has 5 heteroatoms. The molecule has 1 aliphatic rings. The van der Waals surface area contributed by atoms with Crippen LogP contribution in [-0.4, -0.2) is 11.0 Å². The Bertz CT molecular complexity index is 400. The van der Waals surface area contributed by atoms with E-state index in [2.05, 4.69) is 0 Å². The first-order valence-electron chi connectivity index (χ1n) is 4.48. The molecule has 0 radical (unpaired) electrons. The number of phenols is 1. The van der Waals surface area contributed by atoms with Crippen LogP contribution in [-0.2, 0) is 5.54 Å². The molecule has 15 heavy (non-hydrogen) atoms. The van der Waals surface area contributed by atoms with E-state index in [4.69, 9.17) is 17.3 Å². The molecule has 0 heterocycles. The average Bonchev–Trinajstić information content (AvgIpc) is 2.06. The minimum Gasteiger partial charge on any atom is -0.506 e. The van der Waals surface area contributed by atoms with Crippen LogP contribution in [0.5, 0.6) is 5.75 Å². The zero-order valence-corrected chi connectivity index (χ0v) is 8.56. The first-order valence-corrected chi connectivity index (χ1v) is 4.86. The van der Waals surface area contributed by atoms with Crippen molar-refractivity contribution in [1.82, 2.24) is 0 Å². The molecule has 1 saturated carbocycles. The van der Waals surface area contributed by atoms with E-state index in [0.717, 1.165) is 0 Å². The molecule has 0 saturated heterocycles. The van der Waals surface area contributed by atoms with E-state index in [1.54, 1.807) is 0 Å². The van der Waals surface area contributed by atoms with E-state index in [0.29, 0.717) is 5.56 Å². The lowest BCUT2D eigenvalue weighted by atomic mass is 9.70. The third kappa shape index (κ3) is 1.79. The second kappa shape index (κ2) is 3.06. The molecule has 0 unspecified atom stereocenters. The van der Waals surface area contributed by atoms with Gasteiger partial charge in [-0.1, -0.05) is 17.7 Å². The Morgan fingerprint density at radius 3 is 2.40 bits per heavy atom. The highest BCUT2D eigenvalue weighted by Gasteiger charge is 2.55. The van der Waals surface area contributed by atoms with Crippen molar-refractivity contribution in [2.24, 2.45) is 5.73 Å². The molecule has 0 bridgehead atoms. The summed E-state index contributed by atoms with van der Waals surface area (Å²) in [7, 11) is 0. The van der Waals surface area contributed by atoms with Gasteiger partial charge in [0.15, 0.2) is 0 Å². The van der Waals surface area contributed by atoms with Gasteiger partial charge >= 0.3 is 0 Å². The molecule has 2 nitrogen and oxygen atoms in total. The summed E-state index contributed by atoms with van der Waals surface area (Å²) in [6, 6.07) is 4.32. The van der Waals surface area contributed by atoms with Crippen LogP contribution in [0.15, 0.2) is 18.2 Å². The van der Waals surface area contributed by atoms with Gasteiger partial charge in [-0.05, 0) is 17.7 Å². The van der Waals surface area contributed by atoms with Gasteiger partial charge in [-0.25, -0.2) is 8.78 Å². The Labute approximate surface area is 90.7 Å². The maximum atomic E-state index is 12.7. The first-order chi connectivity index (χ1) is 6.82. The Morgan fingerprint density at radius 2 is 1.93 bits per heavy atom. The van der Waals surface area contributed by atoms with Crippen LogP contribution in [0.4, 0.5) is 8.78 Å². The summed E-state index contributed by atoms with van der Waals surface area (Å²) in [4.78, 5) is 0. The standard InChI is InChI=1S/C10H10ClF2NO/c11-7-3-6(1-2-8(7)15)9(14)4-10(12,13)5-9/h1-3,15H,4-5,14H2. The monoisotopic (exact) mass is 233 g/mol. The summed E-state index contributed by atoms with van der Waals surface area (Å²) in [6.45, 7) is 0. The van der Waals surface area contributed by atoms with Gasteiger partial charge < -0.3 is 10.8 Å². The van der Waals surface area contributed by atoms with Gasteiger partial charge in [0.05, 0.1) is 10.6 Å². The van der Waals surface area contributed by atoms with Crippen LogP contribution in [0.1, 0.15) is 18.4 Å². The molecule has 1 aromatic carbocycles. The lowest BCUT2D eigenvalue weighted by Gasteiger charge is -2.44. The van der Waals surface area contributed by atoms with Crippen LogP contribution < -0.4 is 5.73 Å². The Balaban J connectivity index is 2.28. The summed E-state index contributed by atoms with van der Waals surface area (Å²) in [6.07, 6.45) is -0.748. The lowest BCUT2D eigenvalue weighted by molar-refractivity contribution is -0.125. The van der Waals surface area contributed by atoms with Crippen molar-refractivity contribution in [3.63, 3.8) is 0 Å². The summed E-state index contributed by atoms with van der Waals surface area (Å²) < 4.78 is 25.5. The molecular weight excluding hydrogens is 224 g/mol. The second-order valence-electron chi connectivity index (χ2n) is 4.03. The van der Waals surface area contributed by atoms with Crippen LogP contribution in [0, 0.1) is 0 Å². The zero-order valence-electron chi connectivity index (χ0n) is 7.80. The number of halogens is 3. The number of benzene rings is 1. The summed E-state index contributed by atoms with van der Waals surface area (Å²) in [5, 5.41) is 9.31. The predicted molar refractivity (Wildman–Crippen MR) is 53.2 cm³/mol. The van der Waals surface area contributed by atoms with E-state index in [-0.39, 0.29) is 23.6 Å². The molecule has 1 fully saturated rings. The van der Waals surface area contributed by atoms with Gasteiger partial charge in [0.25, 0.3) is 5.92 Å². The van der Waals surface area contributed by atoms with Crippen molar-refractivity contribution in [3.05, 3.63) is 28.8 Å². The fourth-order valence-corrected chi connectivity index (χ4v) is 2.07. The number of phenolic OH excluding ortho intramolecular Hbond substituents is 1. The van der Waals surface area contributed by atoms with Crippen LogP contribution in [0.3, 0.4) is 0 Å². The normalized spacial score (nSPS) is 22.1. The summed E-state index contributed by atoms with van der Waals surface area (Å²) in [5.74, 6) is -2.76. The van der Waals surface area contributed by atoms with Crippen molar-refractivity contribution in [2.75, 3.05) is 0 Å². The molecule has 0 amide bonds. The lowest BCUT2D eigenvalue weighted by Crippen LogP contribution is -2.55. The van der Waals surface area contributed by atoms with E-state index in [1.807, 2.05) is 0 Å². The molecule has 0 aliphatic heterocycles. The smallest absolute Gasteiger partial charge is 0.252 e. The first kappa shape index (κ1) is 10.6. The van der Waals surface area contributed by atoms with E-state index < -0.39 is 11.5 Å². The van der Waals surface area contributed by atoms with Crippen LogP contribution >= 0.6 is 11.6 Å². The van der Waals surface area contributed by atoms with Gasteiger partial charge in [-0.2, -0.15) is 0 Å². The van der Waals surface area contributed by atoms with E-state index in [1.165, 1.54) is 18.2 Å². The molecule has 0 aromatic heterocycles. The number of alkyl halides is 2. The quantitative estimate of drug-likeness (QED) is 0.783. The Morgan fingerprint density at radius 1 is 1.33 bits per heavy atom. The van der Waals surface area contributed by atoms with E-state index in [9.17, 15) is 13.9 Å². The fraction of sp³-hybridized carbons (Fsp3) is 0.400. The second-order valence-corrected chi connectivity index (χ2v) is 4.44. The molecule has 2 rings (SSSR count). The Kier molecular flexibility index (Phi) is 2.17. The predicted octanol–water partition coefficient (Wildman–Crippen LogP) is 2.63. The highest BCUT2D eigenvalue weighted by atomic mass is 35.5. The highest BCUT2D eigenvalue weighted by Crippen LogP contribution is 2.50. The van der Waals surface area contributed by atoms with Gasteiger partial charge in [0.2, 0.25) is 0 Å². The molecule has 3 N–H and O–H groups in total. The molecule has 0 atom stereocenters. The molecule has 82 valence electrons. The fourth-order valence-electron chi connectivity index (χ4n) is 1.89. The molecular formula is C10H10ClF2NO. The van der Waals surface area contributed by atoms with Crippen molar-refractivity contribution >= 4 is 11.6 Å². The third-order valence-corrected chi connectivity index (χ3v) is 2.97. The summed E-state index contributed by atoms with van der Waals surface area (Å²) >= 11 is 5.68. The summed E-state index contributed by atoms with van der Waals surface area (Å²) in [5.41, 5.74) is 5.32. The Hall–Kier alpha value is -0.870. The largest absolute Gasteiger partial charge is 0.506 e. The number of nitrogens with two attached hydrogens (primary N) is 1. The SMILES string of the molecule is NC1(c2ccc(O)c(Cl)c2)CC(F)(F)C1. The molecule has 1 aliphatic carbocycles. The van der Waals surface area contributed by atoms with Crippen molar-refractivity contribution in [3.8, 4) is 5.75 Å². The van der Waals surface area contributed by atoms with Gasteiger partial charge in [0, 0.05) is 12.8 Å². The number of aromatic hydroxyl groups is 1. The average molecular weight is 234 g/mol. The van der Waals surface area contributed by atoms with Crippen LogP contribution in [0.2, 0.25) is 5.02 Å². The molecule has 1 aromatic rings. The number of hydrogen-bond acceptors (Lipinski definition) is 2.